The van der Waals surface area contributed by atoms with E-state index in [2.05, 4.69) is 0 Å². The Morgan fingerprint density at radius 2 is 0.706 bits per heavy atom. The zero-order valence-electron chi connectivity index (χ0n) is 19.1. The standard InChI is InChI=1S/C28H30O6/c29-11-15-33-27-9-5-21-17-25(7-3-23(21)19-27)31-13-1-2-14-32-26-8-4-24-20-28(34-16-12-30)10-6-22(24)18-26/h3-10,17-20,29-30H,1-2,11-16H2. The normalized spacial score (nSPS) is 11.0. The average molecular weight is 463 g/mol. The number of hydrogen-bond donors (Lipinski definition) is 2. The molecule has 4 rings (SSSR count). The highest BCUT2D eigenvalue weighted by Gasteiger charge is 2.03. The molecule has 0 unspecified atom stereocenters. The Balaban J connectivity index is 1.20. The van der Waals surface area contributed by atoms with Gasteiger partial charge < -0.3 is 29.2 Å². The van der Waals surface area contributed by atoms with E-state index in [-0.39, 0.29) is 13.2 Å². The summed E-state index contributed by atoms with van der Waals surface area (Å²) in [4.78, 5) is 0. The zero-order valence-corrected chi connectivity index (χ0v) is 19.1. The second-order valence-corrected chi connectivity index (χ2v) is 7.89. The highest BCUT2D eigenvalue weighted by atomic mass is 16.5. The molecule has 2 N–H and O–H groups in total. The number of fused-ring (bicyclic) bond motifs is 2. The van der Waals surface area contributed by atoms with E-state index in [0.717, 1.165) is 57.4 Å². The SMILES string of the molecule is OCCOc1ccc2cc(OCCCCOc3ccc4cc(OCCO)ccc4c3)ccc2c1. The number of hydrogen-bond acceptors (Lipinski definition) is 6. The van der Waals surface area contributed by atoms with Gasteiger partial charge in [0.2, 0.25) is 0 Å². The van der Waals surface area contributed by atoms with Crippen LogP contribution in [0.4, 0.5) is 0 Å². The molecule has 6 heteroatoms. The van der Waals surface area contributed by atoms with Gasteiger partial charge in [-0.05, 0) is 82.9 Å². The largest absolute Gasteiger partial charge is 0.494 e. The summed E-state index contributed by atoms with van der Waals surface area (Å²) in [5.41, 5.74) is 0. The highest BCUT2D eigenvalue weighted by Crippen LogP contribution is 2.26. The van der Waals surface area contributed by atoms with Crippen molar-refractivity contribution in [2.75, 3.05) is 39.6 Å². The number of aliphatic hydroxyl groups excluding tert-OH is 2. The molecule has 0 aromatic heterocycles. The molecule has 178 valence electrons. The summed E-state index contributed by atoms with van der Waals surface area (Å²) in [6.07, 6.45) is 1.79. The molecule has 0 saturated carbocycles. The third-order valence-electron chi connectivity index (χ3n) is 5.36. The molecule has 0 amide bonds. The molecule has 0 aliphatic heterocycles. The number of ether oxygens (including phenoxy) is 4. The lowest BCUT2D eigenvalue weighted by molar-refractivity contribution is 0.201. The van der Waals surface area contributed by atoms with Crippen LogP contribution in [-0.4, -0.2) is 49.9 Å². The van der Waals surface area contributed by atoms with Gasteiger partial charge in [0.15, 0.2) is 0 Å². The van der Waals surface area contributed by atoms with Crippen molar-refractivity contribution in [3.8, 4) is 23.0 Å². The van der Waals surface area contributed by atoms with E-state index in [4.69, 9.17) is 29.2 Å². The molecule has 6 nitrogen and oxygen atoms in total. The minimum absolute atomic E-state index is 0.00144. The second-order valence-electron chi connectivity index (χ2n) is 7.89. The van der Waals surface area contributed by atoms with Crippen LogP contribution in [0.3, 0.4) is 0 Å². The maximum atomic E-state index is 8.88. The Morgan fingerprint density at radius 3 is 1.00 bits per heavy atom. The summed E-state index contributed by atoms with van der Waals surface area (Å²) in [5.74, 6) is 3.18. The van der Waals surface area contributed by atoms with E-state index < -0.39 is 0 Å². The van der Waals surface area contributed by atoms with Crippen LogP contribution in [0.25, 0.3) is 21.5 Å². The van der Waals surface area contributed by atoms with Gasteiger partial charge in [0.05, 0.1) is 26.4 Å². The summed E-state index contributed by atoms with van der Waals surface area (Å²) in [5, 5.41) is 22.1. The number of unbranched alkanes of at least 4 members (excludes halogenated alkanes) is 1. The second kappa shape index (κ2) is 12.1. The first-order valence-electron chi connectivity index (χ1n) is 11.6. The van der Waals surface area contributed by atoms with Gasteiger partial charge in [0.1, 0.15) is 36.2 Å². The first kappa shape index (κ1) is 23.7. The molecule has 0 spiro atoms. The fraction of sp³-hybridized carbons (Fsp3) is 0.286. The van der Waals surface area contributed by atoms with E-state index in [9.17, 15) is 0 Å². The van der Waals surface area contributed by atoms with Gasteiger partial charge in [0, 0.05) is 0 Å². The van der Waals surface area contributed by atoms with E-state index in [1.54, 1.807) is 0 Å². The molecule has 0 aliphatic rings. The van der Waals surface area contributed by atoms with Gasteiger partial charge in [-0.2, -0.15) is 0 Å². The monoisotopic (exact) mass is 462 g/mol. The smallest absolute Gasteiger partial charge is 0.120 e. The molecule has 34 heavy (non-hydrogen) atoms. The van der Waals surface area contributed by atoms with Gasteiger partial charge in [-0.25, -0.2) is 0 Å². The Kier molecular flexibility index (Phi) is 8.43. The van der Waals surface area contributed by atoms with Crippen molar-refractivity contribution in [3.05, 3.63) is 72.8 Å². The molecular weight excluding hydrogens is 432 g/mol. The van der Waals surface area contributed by atoms with Gasteiger partial charge in [-0.3, -0.25) is 0 Å². The van der Waals surface area contributed by atoms with Crippen molar-refractivity contribution in [2.45, 2.75) is 12.8 Å². The van der Waals surface area contributed by atoms with Crippen LogP contribution in [0.1, 0.15) is 12.8 Å². The molecule has 0 fully saturated rings. The lowest BCUT2D eigenvalue weighted by Gasteiger charge is -2.10. The van der Waals surface area contributed by atoms with Crippen molar-refractivity contribution < 1.29 is 29.2 Å². The van der Waals surface area contributed by atoms with E-state index in [0.29, 0.717) is 26.4 Å². The minimum atomic E-state index is 0.00144. The van der Waals surface area contributed by atoms with Crippen molar-refractivity contribution in [3.63, 3.8) is 0 Å². The van der Waals surface area contributed by atoms with Crippen molar-refractivity contribution >= 4 is 21.5 Å². The van der Waals surface area contributed by atoms with Crippen LogP contribution >= 0.6 is 0 Å². The zero-order chi connectivity index (χ0) is 23.6. The summed E-state index contributed by atoms with van der Waals surface area (Å²) < 4.78 is 22.7. The lowest BCUT2D eigenvalue weighted by Crippen LogP contribution is -2.03. The average Bonchev–Trinajstić information content (AvgIpc) is 2.88. The van der Waals surface area contributed by atoms with E-state index in [1.807, 2.05) is 72.8 Å². The summed E-state index contributed by atoms with van der Waals surface area (Å²) in [6, 6.07) is 23.7. The van der Waals surface area contributed by atoms with Crippen LogP contribution < -0.4 is 18.9 Å². The molecule has 0 aliphatic carbocycles. The molecule has 0 radical (unpaired) electrons. The fourth-order valence-corrected chi connectivity index (χ4v) is 3.67. The number of benzene rings is 4. The predicted molar refractivity (Wildman–Crippen MR) is 133 cm³/mol. The van der Waals surface area contributed by atoms with E-state index >= 15 is 0 Å². The number of rotatable bonds is 13. The van der Waals surface area contributed by atoms with Crippen molar-refractivity contribution in [1.82, 2.24) is 0 Å². The van der Waals surface area contributed by atoms with Crippen LogP contribution in [0.15, 0.2) is 72.8 Å². The van der Waals surface area contributed by atoms with Crippen LogP contribution in [0.5, 0.6) is 23.0 Å². The maximum absolute atomic E-state index is 8.88. The quantitative estimate of drug-likeness (QED) is 0.273. The van der Waals surface area contributed by atoms with Gasteiger partial charge in [-0.15, -0.1) is 0 Å². The van der Waals surface area contributed by atoms with Gasteiger partial charge in [0.25, 0.3) is 0 Å². The molecular formula is C28H30O6. The van der Waals surface area contributed by atoms with Crippen LogP contribution in [0, 0.1) is 0 Å². The lowest BCUT2D eigenvalue weighted by atomic mass is 10.1. The molecule has 0 heterocycles. The first-order valence-corrected chi connectivity index (χ1v) is 11.6. The van der Waals surface area contributed by atoms with Gasteiger partial charge in [-0.1, -0.05) is 24.3 Å². The van der Waals surface area contributed by atoms with Crippen LogP contribution in [-0.2, 0) is 0 Å². The Hall–Kier alpha value is -3.48. The topological polar surface area (TPSA) is 77.4 Å². The summed E-state index contributed by atoms with van der Waals surface area (Å²) in [6.45, 7) is 1.84. The maximum Gasteiger partial charge on any atom is 0.120 e. The Morgan fingerprint density at radius 1 is 0.412 bits per heavy atom. The van der Waals surface area contributed by atoms with Crippen molar-refractivity contribution in [1.29, 1.82) is 0 Å². The van der Waals surface area contributed by atoms with E-state index in [1.165, 1.54) is 0 Å². The highest BCUT2D eigenvalue weighted by molar-refractivity contribution is 5.86. The summed E-state index contributed by atoms with van der Waals surface area (Å²) >= 11 is 0. The Labute approximate surface area is 199 Å². The van der Waals surface area contributed by atoms with Crippen LogP contribution in [0.2, 0.25) is 0 Å². The first-order chi connectivity index (χ1) is 16.7. The third kappa shape index (κ3) is 6.53. The van der Waals surface area contributed by atoms with Gasteiger partial charge >= 0.3 is 0 Å². The number of aliphatic hydroxyl groups is 2. The predicted octanol–water partition coefficient (Wildman–Crippen LogP) is 4.97. The third-order valence-corrected chi connectivity index (χ3v) is 5.36. The van der Waals surface area contributed by atoms with Crippen molar-refractivity contribution in [2.24, 2.45) is 0 Å². The molecule has 0 atom stereocenters. The molecule has 0 bridgehead atoms. The molecule has 0 saturated heterocycles. The molecule has 4 aromatic rings. The fourth-order valence-electron chi connectivity index (χ4n) is 3.67. The Bertz CT molecular complexity index is 1110. The molecule has 4 aromatic carbocycles. The minimum Gasteiger partial charge on any atom is -0.494 e. The summed E-state index contributed by atoms with van der Waals surface area (Å²) in [7, 11) is 0.